The van der Waals surface area contributed by atoms with Crippen LogP contribution in [-0.2, 0) is 14.3 Å². The summed E-state index contributed by atoms with van der Waals surface area (Å²) < 4.78 is 9.98. The first-order valence-electron chi connectivity index (χ1n) is 6.12. The summed E-state index contributed by atoms with van der Waals surface area (Å²) in [5, 5.41) is 0. The van der Waals surface area contributed by atoms with Gasteiger partial charge in [0.1, 0.15) is 5.54 Å². The van der Waals surface area contributed by atoms with Crippen LogP contribution in [0.1, 0.15) is 26.2 Å². The molecule has 0 amide bonds. The Morgan fingerprint density at radius 3 is 2.76 bits per heavy atom. The first-order valence-corrected chi connectivity index (χ1v) is 6.12. The van der Waals surface area contributed by atoms with E-state index in [4.69, 9.17) is 10.5 Å². The Hall–Kier alpha value is -0.650. The highest BCUT2D eigenvalue weighted by Crippen LogP contribution is 2.15. The summed E-state index contributed by atoms with van der Waals surface area (Å²) >= 11 is 0. The van der Waals surface area contributed by atoms with Crippen LogP contribution in [0, 0.1) is 0 Å². The zero-order valence-electron chi connectivity index (χ0n) is 11.1. The maximum absolute atomic E-state index is 11.4. The normalized spacial score (nSPS) is 24.6. The monoisotopic (exact) mass is 244 g/mol. The zero-order valence-corrected chi connectivity index (χ0v) is 11.1. The standard InChI is InChI=1S/C12H24N2O3/c1-12(13,11(15)17-3)6-4-7-14-8-5-10(9-14)16-2/h10H,4-9,13H2,1-3H3. The summed E-state index contributed by atoms with van der Waals surface area (Å²) in [6.45, 7) is 4.73. The molecule has 0 aromatic carbocycles. The second-order valence-electron chi connectivity index (χ2n) is 4.96. The van der Waals surface area contributed by atoms with Gasteiger partial charge in [-0.15, -0.1) is 0 Å². The molecule has 1 rings (SSSR count). The van der Waals surface area contributed by atoms with Gasteiger partial charge in [0.15, 0.2) is 0 Å². The Labute approximate surface area is 103 Å². The molecular formula is C12H24N2O3. The van der Waals surface area contributed by atoms with Crippen LogP contribution in [0.5, 0.6) is 0 Å². The zero-order chi connectivity index (χ0) is 12.9. The fourth-order valence-corrected chi connectivity index (χ4v) is 2.20. The van der Waals surface area contributed by atoms with E-state index in [1.165, 1.54) is 7.11 Å². The SMILES string of the molecule is COC(=O)C(C)(N)CCCN1CCC(OC)C1. The van der Waals surface area contributed by atoms with Gasteiger partial charge in [-0.3, -0.25) is 4.79 Å². The minimum Gasteiger partial charge on any atom is -0.468 e. The molecule has 17 heavy (non-hydrogen) atoms. The fraction of sp³-hybridized carbons (Fsp3) is 0.917. The predicted octanol–water partition coefficient (Wildman–Crippen LogP) is 0.378. The molecule has 1 heterocycles. The van der Waals surface area contributed by atoms with Crippen molar-refractivity contribution in [1.82, 2.24) is 4.90 Å². The maximum Gasteiger partial charge on any atom is 0.325 e. The number of esters is 1. The molecule has 0 bridgehead atoms. The van der Waals surface area contributed by atoms with E-state index in [9.17, 15) is 4.79 Å². The minimum atomic E-state index is -0.866. The van der Waals surface area contributed by atoms with E-state index in [1.54, 1.807) is 14.0 Å². The van der Waals surface area contributed by atoms with Crippen molar-refractivity contribution in [2.75, 3.05) is 33.9 Å². The molecule has 0 aliphatic carbocycles. The number of hydrogen-bond donors (Lipinski definition) is 1. The molecule has 2 unspecified atom stereocenters. The Balaban J connectivity index is 2.22. The molecule has 0 aromatic rings. The van der Waals surface area contributed by atoms with E-state index in [1.807, 2.05) is 0 Å². The van der Waals surface area contributed by atoms with Crippen molar-refractivity contribution >= 4 is 5.97 Å². The molecule has 2 N–H and O–H groups in total. The largest absolute Gasteiger partial charge is 0.468 e. The Bertz CT molecular complexity index is 256. The third-order valence-electron chi connectivity index (χ3n) is 3.38. The minimum absolute atomic E-state index is 0.339. The van der Waals surface area contributed by atoms with Crippen molar-refractivity contribution in [3.05, 3.63) is 0 Å². The number of ether oxygens (including phenoxy) is 2. The van der Waals surface area contributed by atoms with Gasteiger partial charge in [0.05, 0.1) is 13.2 Å². The summed E-state index contributed by atoms with van der Waals surface area (Å²) in [6.07, 6.45) is 3.00. The molecule has 100 valence electrons. The van der Waals surface area contributed by atoms with Crippen LogP contribution in [-0.4, -0.2) is 56.4 Å². The van der Waals surface area contributed by atoms with E-state index < -0.39 is 5.54 Å². The number of nitrogens with two attached hydrogens (primary N) is 1. The lowest BCUT2D eigenvalue weighted by Gasteiger charge is -2.23. The number of nitrogens with zero attached hydrogens (tertiary/aromatic N) is 1. The quantitative estimate of drug-likeness (QED) is 0.684. The van der Waals surface area contributed by atoms with Crippen LogP contribution in [0.25, 0.3) is 0 Å². The van der Waals surface area contributed by atoms with Crippen LogP contribution in [0.3, 0.4) is 0 Å². The highest BCUT2D eigenvalue weighted by molar-refractivity contribution is 5.79. The van der Waals surface area contributed by atoms with Crippen LogP contribution in [0.4, 0.5) is 0 Å². The number of carbonyl (C=O) groups excluding carboxylic acids is 1. The predicted molar refractivity (Wildman–Crippen MR) is 65.7 cm³/mol. The van der Waals surface area contributed by atoms with E-state index in [-0.39, 0.29) is 5.97 Å². The summed E-state index contributed by atoms with van der Waals surface area (Å²) in [4.78, 5) is 13.7. The lowest BCUT2D eigenvalue weighted by atomic mass is 9.97. The Morgan fingerprint density at radius 2 is 2.24 bits per heavy atom. The first-order chi connectivity index (χ1) is 7.99. The first kappa shape index (κ1) is 14.4. The number of likely N-dealkylation sites (tertiary alicyclic amines) is 1. The van der Waals surface area contributed by atoms with Gasteiger partial charge in [0.2, 0.25) is 0 Å². The molecule has 0 spiro atoms. The van der Waals surface area contributed by atoms with Crippen molar-refractivity contribution in [2.45, 2.75) is 37.8 Å². The van der Waals surface area contributed by atoms with Crippen molar-refractivity contribution in [2.24, 2.45) is 5.73 Å². The van der Waals surface area contributed by atoms with Crippen LogP contribution < -0.4 is 5.73 Å². The number of rotatable bonds is 6. The highest BCUT2D eigenvalue weighted by atomic mass is 16.5. The summed E-state index contributed by atoms with van der Waals surface area (Å²) in [5.41, 5.74) is 5.03. The van der Waals surface area contributed by atoms with Gasteiger partial charge < -0.3 is 20.1 Å². The second kappa shape index (κ2) is 6.33. The summed E-state index contributed by atoms with van der Waals surface area (Å²) in [5.74, 6) is -0.339. The second-order valence-corrected chi connectivity index (χ2v) is 4.96. The fourth-order valence-electron chi connectivity index (χ4n) is 2.20. The summed E-state index contributed by atoms with van der Waals surface area (Å²) in [7, 11) is 3.12. The van der Waals surface area contributed by atoms with Crippen LogP contribution in [0.2, 0.25) is 0 Å². The lowest BCUT2D eigenvalue weighted by Crippen LogP contribution is -2.46. The molecule has 1 saturated heterocycles. The van der Waals surface area contributed by atoms with E-state index in [2.05, 4.69) is 9.64 Å². The average Bonchev–Trinajstić information content (AvgIpc) is 2.75. The van der Waals surface area contributed by atoms with Gasteiger partial charge >= 0.3 is 5.97 Å². The number of carbonyl (C=O) groups is 1. The van der Waals surface area contributed by atoms with Crippen LogP contribution in [0.15, 0.2) is 0 Å². The molecule has 1 fully saturated rings. The highest BCUT2D eigenvalue weighted by Gasteiger charge is 2.29. The molecule has 0 radical (unpaired) electrons. The third kappa shape index (κ3) is 4.26. The van der Waals surface area contributed by atoms with E-state index in [0.29, 0.717) is 12.5 Å². The lowest BCUT2D eigenvalue weighted by molar-refractivity contribution is -0.146. The topological polar surface area (TPSA) is 64.8 Å². The smallest absolute Gasteiger partial charge is 0.325 e. The molecule has 1 aliphatic rings. The van der Waals surface area contributed by atoms with E-state index >= 15 is 0 Å². The maximum atomic E-state index is 11.4. The molecule has 2 atom stereocenters. The average molecular weight is 244 g/mol. The summed E-state index contributed by atoms with van der Waals surface area (Å²) in [6, 6.07) is 0. The van der Waals surface area contributed by atoms with Crippen molar-refractivity contribution < 1.29 is 14.3 Å². The third-order valence-corrected chi connectivity index (χ3v) is 3.38. The van der Waals surface area contributed by atoms with Crippen molar-refractivity contribution in [3.8, 4) is 0 Å². The molecule has 5 nitrogen and oxygen atoms in total. The number of hydrogen-bond acceptors (Lipinski definition) is 5. The molecule has 1 aliphatic heterocycles. The van der Waals surface area contributed by atoms with E-state index in [0.717, 1.165) is 32.5 Å². The van der Waals surface area contributed by atoms with Gasteiger partial charge in [-0.2, -0.15) is 0 Å². The van der Waals surface area contributed by atoms with Gasteiger partial charge in [0, 0.05) is 20.2 Å². The Kier molecular flexibility index (Phi) is 5.36. The van der Waals surface area contributed by atoms with Gasteiger partial charge in [-0.05, 0) is 32.7 Å². The van der Waals surface area contributed by atoms with Gasteiger partial charge in [0.25, 0.3) is 0 Å². The molecule has 5 heteroatoms. The Morgan fingerprint density at radius 1 is 1.53 bits per heavy atom. The van der Waals surface area contributed by atoms with Crippen molar-refractivity contribution in [1.29, 1.82) is 0 Å². The van der Waals surface area contributed by atoms with Crippen molar-refractivity contribution in [3.63, 3.8) is 0 Å². The molecule has 0 saturated carbocycles. The number of methoxy groups -OCH3 is 2. The molecular weight excluding hydrogens is 220 g/mol. The van der Waals surface area contributed by atoms with Crippen LogP contribution >= 0.6 is 0 Å². The van der Waals surface area contributed by atoms with Gasteiger partial charge in [-0.1, -0.05) is 0 Å². The molecule has 0 aromatic heterocycles. The van der Waals surface area contributed by atoms with Gasteiger partial charge in [-0.25, -0.2) is 0 Å².